The molecule has 130 valence electrons. The van der Waals surface area contributed by atoms with Crippen LogP contribution in [-0.2, 0) is 0 Å². The van der Waals surface area contributed by atoms with Gasteiger partial charge in [0, 0.05) is 5.56 Å². The van der Waals surface area contributed by atoms with Crippen LogP contribution in [0.3, 0.4) is 0 Å². The van der Waals surface area contributed by atoms with Gasteiger partial charge in [-0.3, -0.25) is 4.90 Å². The van der Waals surface area contributed by atoms with Gasteiger partial charge < -0.3 is 14.9 Å². The molecule has 2 N–H and O–H groups in total. The quantitative estimate of drug-likeness (QED) is 0.867. The molecule has 2 aliphatic heterocycles. The summed E-state index contributed by atoms with van der Waals surface area (Å²) in [6, 6.07) is 5.78. The Bertz CT molecular complexity index is 541. The summed E-state index contributed by atoms with van der Waals surface area (Å²) < 4.78 is 6.03. The molecule has 3 rings (SSSR count). The van der Waals surface area contributed by atoms with Crippen LogP contribution in [0.25, 0.3) is 0 Å². The summed E-state index contributed by atoms with van der Waals surface area (Å²) in [5.74, 6) is 0.829. The number of hydrogen-bond acceptors (Lipinski definition) is 4. The normalized spacial score (nSPS) is 28.2. The molecule has 1 unspecified atom stereocenters. The van der Waals surface area contributed by atoms with Crippen LogP contribution in [0.4, 0.5) is 0 Å². The van der Waals surface area contributed by atoms with Gasteiger partial charge in [0.2, 0.25) is 0 Å². The average Bonchev–Trinajstić information content (AvgIpc) is 2.48. The molecule has 0 spiro atoms. The summed E-state index contributed by atoms with van der Waals surface area (Å²) in [6.45, 7) is 7.67. The molecule has 1 aromatic rings. The number of hydrogen-bond donors (Lipinski definition) is 2. The van der Waals surface area contributed by atoms with E-state index in [-0.39, 0.29) is 18.4 Å². The summed E-state index contributed by atoms with van der Waals surface area (Å²) >= 11 is 0. The van der Waals surface area contributed by atoms with E-state index in [1.165, 1.54) is 19.3 Å². The molecule has 23 heavy (non-hydrogen) atoms. The molecule has 0 bridgehead atoms. The summed E-state index contributed by atoms with van der Waals surface area (Å²) in [7, 11) is 0. The molecule has 1 aromatic carbocycles. The Kier molecular flexibility index (Phi) is 5.62. The molecule has 1 saturated heterocycles. The monoisotopic (exact) mass is 341 g/mol. The number of likely N-dealkylation sites (tertiary alicyclic amines) is 1. The number of rotatable bonds is 2. The highest BCUT2D eigenvalue weighted by atomic mass is 35.5. The Morgan fingerprint density at radius 1 is 1.22 bits per heavy atom. The smallest absolute Gasteiger partial charge is 0.131 e. The number of nitrogens with zero attached hydrogens (tertiary/aromatic N) is 1. The van der Waals surface area contributed by atoms with Crippen molar-refractivity contribution in [3.8, 4) is 5.75 Å². The SMILES string of the molecule is CC(O)c1ccc2c(c1)[C@H](N1CCCCC1)[C@@H](O)C(C)(C)O2.Cl. The topological polar surface area (TPSA) is 52.9 Å². The third kappa shape index (κ3) is 3.50. The summed E-state index contributed by atoms with van der Waals surface area (Å²) in [4.78, 5) is 2.38. The minimum Gasteiger partial charge on any atom is -0.485 e. The van der Waals surface area contributed by atoms with E-state index < -0.39 is 17.8 Å². The van der Waals surface area contributed by atoms with Gasteiger partial charge in [0.05, 0.1) is 12.1 Å². The second kappa shape index (κ2) is 6.98. The van der Waals surface area contributed by atoms with Crippen LogP contribution in [0, 0.1) is 0 Å². The number of aliphatic hydroxyl groups is 2. The van der Waals surface area contributed by atoms with Gasteiger partial charge in [-0.2, -0.15) is 0 Å². The minimum atomic E-state index is -0.610. The van der Waals surface area contributed by atoms with Gasteiger partial charge in [-0.1, -0.05) is 12.5 Å². The summed E-state index contributed by atoms with van der Waals surface area (Å²) in [5, 5.41) is 20.8. The number of aliphatic hydroxyl groups excluding tert-OH is 2. The fourth-order valence-electron chi connectivity index (χ4n) is 3.64. The lowest BCUT2D eigenvalue weighted by atomic mass is 9.84. The first-order chi connectivity index (χ1) is 10.4. The van der Waals surface area contributed by atoms with Gasteiger partial charge >= 0.3 is 0 Å². The maximum absolute atomic E-state index is 10.9. The van der Waals surface area contributed by atoms with Crippen LogP contribution in [0.15, 0.2) is 18.2 Å². The maximum atomic E-state index is 10.9. The number of piperidine rings is 1. The summed E-state index contributed by atoms with van der Waals surface area (Å²) in [5.41, 5.74) is 1.27. The van der Waals surface area contributed by atoms with Gasteiger partial charge in [-0.25, -0.2) is 0 Å². The first-order valence-electron chi connectivity index (χ1n) is 8.33. The number of fused-ring (bicyclic) bond motifs is 1. The third-order valence-corrected chi connectivity index (χ3v) is 5.00. The van der Waals surface area contributed by atoms with E-state index in [2.05, 4.69) is 4.90 Å². The van der Waals surface area contributed by atoms with Crippen LogP contribution >= 0.6 is 12.4 Å². The standard InChI is InChI=1S/C18H27NO3.ClH/c1-12(20)13-7-8-15-14(11-13)16(17(21)18(2,3)22-15)19-9-5-4-6-10-19;/h7-8,11-12,16-17,20-21H,4-6,9-10H2,1-3H3;1H/t12?,16-,17+;/m0./s1. The zero-order valence-corrected chi connectivity index (χ0v) is 15.0. The van der Waals surface area contributed by atoms with Crippen molar-refractivity contribution in [2.24, 2.45) is 0 Å². The highest BCUT2D eigenvalue weighted by molar-refractivity contribution is 5.85. The van der Waals surface area contributed by atoms with Crippen LogP contribution in [0.5, 0.6) is 5.75 Å². The van der Waals surface area contributed by atoms with E-state index in [9.17, 15) is 10.2 Å². The van der Waals surface area contributed by atoms with Crippen molar-refractivity contribution in [3.63, 3.8) is 0 Å². The Labute approximate surface area is 144 Å². The van der Waals surface area contributed by atoms with Crippen molar-refractivity contribution < 1.29 is 14.9 Å². The molecule has 1 fully saturated rings. The molecule has 0 radical (unpaired) electrons. The van der Waals surface area contributed by atoms with Crippen molar-refractivity contribution >= 4 is 12.4 Å². The predicted molar refractivity (Wildman–Crippen MR) is 93.2 cm³/mol. The fourth-order valence-corrected chi connectivity index (χ4v) is 3.64. The first kappa shape index (κ1) is 18.5. The molecular weight excluding hydrogens is 314 g/mol. The van der Waals surface area contributed by atoms with Gasteiger partial charge in [0.1, 0.15) is 17.5 Å². The van der Waals surface area contributed by atoms with Crippen LogP contribution in [-0.4, -0.2) is 39.9 Å². The lowest BCUT2D eigenvalue weighted by Gasteiger charge is -2.47. The van der Waals surface area contributed by atoms with E-state index in [4.69, 9.17) is 4.74 Å². The molecular formula is C18H28ClNO3. The van der Waals surface area contributed by atoms with E-state index in [0.717, 1.165) is 30.0 Å². The third-order valence-electron chi connectivity index (χ3n) is 5.00. The lowest BCUT2D eigenvalue weighted by Crippen LogP contribution is -2.54. The number of benzene rings is 1. The largest absolute Gasteiger partial charge is 0.485 e. The zero-order chi connectivity index (χ0) is 15.9. The molecule has 0 aromatic heterocycles. The molecule has 0 saturated carbocycles. The van der Waals surface area contributed by atoms with E-state index >= 15 is 0 Å². The number of halogens is 1. The van der Waals surface area contributed by atoms with Crippen molar-refractivity contribution in [1.29, 1.82) is 0 Å². The highest BCUT2D eigenvalue weighted by Gasteiger charge is 2.45. The van der Waals surface area contributed by atoms with Crippen molar-refractivity contribution in [3.05, 3.63) is 29.3 Å². The molecule has 3 atom stereocenters. The Morgan fingerprint density at radius 2 is 1.87 bits per heavy atom. The molecule has 2 aliphatic rings. The molecule has 0 amide bonds. The van der Waals surface area contributed by atoms with Gasteiger partial charge in [0.25, 0.3) is 0 Å². The van der Waals surface area contributed by atoms with Gasteiger partial charge in [-0.15, -0.1) is 12.4 Å². The van der Waals surface area contributed by atoms with E-state index in [1.807, 2.05) is 32.0 Å². The van der Waals surface area contributed by atoms with E-state index in [1.54, 1.807) is 6.92 Å². The van der Waals surface area contributed by atoms with Gasteiger partial charge in [0.15, 0.2) is 0 Å². The molecule has 5 heteroatoms. The van der Waals surface area contributed by atoms with Crippen molar-refractivity contribution in [2.45, 2.75) is 63.9 Å². The van der Waals surface area contributed by atoms with Crippen LogP contribution < -0.4 is 4.74 Å². The maximum Gasteiger partial charge on any atom is 0.131 e. The Balaban J connectivity index is 0.00000192. The van der Waals surface area contributed by atoms with Crippen LogP contribution in [0.2, 0.25) is 0 Å². The predicted octanol–water partition coefficient (Wildman–Crippen LogP) is 3.22. The minimum absolute atomic E-state index is 0. The van der Waals surface area contributed by atoms with Gasteiger partial charge in [-0.05, 0) is 64.4 Å². The zero-order valence-electron chi connectivity index (χ0n) is 14.2. The summed E-state index contributed by atoms with van der Waals surface area (Å²) in [6.07, 6.45) is 2.52. The molecule has 0 aliphatic carbocycles. The molecule has 2 heterocycles. The van der Waals surface area contributed by atoms with Crippen LogP contribution in [0.1, 0.15) is 63.3 Å². The average molecular weight is 342 g/mol. The Hall–Kier alpha value is -0.810. The highest BCUT2D eigenvalue weighted by Crippen LogP contribution is 2.44. The van der Waals surface area contributed by atoms with Crippen molar-refractivity contribution in [2.75, 3.05) is 13.1 Å². The first-order valence-corrected chi connectivity index (χ1v) is 8.33. The second-order valence-electron chi connectivity index (χ2n) is 7.17. The molecule has 4 nitrogen and oxygen atoms in total. The van der Waals surface area contributed by atoms with Crippen molar-refractivity contribution in [1.82, 2.24) is 4.90 Å². The fraction of sp³-hybridized carbons (Fsp3) is 0.667. The Morgan fingerprint density at radius 3 is 2.48 bits per heavy atom. The second-order valence-corrected chi connectivity index (χ2v) is 7.17. The lowest BCUT2D eigenvalue weighted by molar-refractivity contribution is -0.0962. The number of ether oxygens (including phenoxy) is 1. The van der Waals surface area contributed by atoms with E-state index in [0.29, 0.717) is 0 Å².